The van der Waals surface area contributed by atoms with Crippen LogP contribution in [0, 0.1) is 0 Å². The van der Waals surface area contributed by atoms with Gasteiger partial charge in [0.1, 0.15) is 5.52 Å². The molecule has 1 N–H and O–H groups in total. The minimum atomic E-state index is -2.68. The maximum atomic E-state index is 13.1. The first kappa shape index (κ1) is 24.6. The van der Waals surface area contributed by atoms with E-state index in [1.165, 1.54) is 0 Å². The molecule has 0 radical (unpaired) electrons. The summed E-state index contributed by atoms with van der Waals surface area (Å²) in [6, 6.07) is 2.11. The summed E-state index contributed by atoms with van der Waals surface area (Å²) in [7, 11) is 1.70. The van der Waals surface area contributed by atoms with E-state index >= 15 is 0 Å². The number of nitrogens with one attached hydrogen (secondary N) is 1. The third kappa shape index (κ3) is 5.59. The Labute approximate surface area is 205 Å². The molecule has 3 aromatic heterocycles. The van der Waals surface area contributed by atoms with Crippen molar-refractivity contribution in [1.82, 2.24) is 24.3 Å². The Hall–Kier alpha value is -1.53. The first-order chi connectivity index (χ1) is 15.8. The van der Waals surface area contributed by atoms with Crippen LogP contribution in [-0.4, -0.2) is 51.9 Å². The molecule has 0 spiro atoms. The molecule has 180 valence electrons. The molecular formula is C21H27ClF2N6OS2. The summed E-state index contributed by atoms with van der Waals surface area (Å²) in [6.45, 7) is 6.63. The highest BCUT2D eigenvalue weighted by Gasteiger charge is 2.37. The molecular weight excluding hydrogens is 490 g/mol. The van der Waals surface area contributed by atoms with Crippen LogP contribution >= 0.6 is 34.9 Å². The summed E-state index contributed by atoms with van der Waals surface area (Å²) >= 11 is 9.00. The second-order valence-electron chi connectivity index (χ2n) is 8.30. The number of nitrogens with zero attached hydrogens (tertiary/aromatic N) is 5. The third-order valence-electron chi connectivity index (χ3n) is 5.63. The summed E-state index contributed by atoms with van der Waals surface area (Å²) in [6.07, 6.45) is 3.45. The van der Waals surface area contributed by atoms with Gasteiger partial charge in [-0.25, -0.2) is 13.8 Å². The zero-order chi connectivity index (χ0) is 23.6. The monoisotopic (exact) mass is 516 g/mol. The van der Waals surface area contributed by atoms with Crippen molar-refractivity contribution >= 4 is 46.1 Å². The molecule has 1 fully saturated rings. The number of halogens is 3. The SMILES string of the molecule is CCN(CCCCOC)c1cc(SNC2(C)CC2)cn2c(-c3nnc(C(F)F)s3)nc(Cl)c12. The van der Waals surface area contributed by atoms with Crippen molar-refractivity contribution < 1.29 is 13.5 Å². The Morgan fingerprint density at radius 3 is 2.79 bits per heavy atom. The van der Waals surface area contributed by atoms with Crippen LogP contribution in [0.3, 0.4) is 0 Å². The van der Waals surface area contributed by atoms with Crippen LogP contribution in [0.2, 0.25) is 5.15 Å². The fraction of sp³-hybridized carbons (Fsp3) is 0.571. The average Bonchev–Trinajstić information content (AvgIpc) is 3.20. The molecule has 0 bridgehead atoms. The molecule has 0 aliphatic heterocycles. The van der Waals surface area contributed by atoms with Crippen LogP contribution in [0.5, 0.6) is 0 Å². The number of rotatable bonds is 12. The Bertz CT molecular complexity index is 1100. The third-order valence-corrected chi connectivity index (χ3v) is 7.87. The zero-order valence-corrected chi connectivity index (χ0v) is 21.2. The molecule has 0 atom stereocenters. The van der Waals surface area contributed by atoms with Gasteiger partial charge in [0.05, 0.1) is 5.69 Å². The minimum Gasteiger partial charge on any atom is -0.385 e. The molecule has 3 aromatic rings. The number of imidazole rings is 1. The number of hydrogen-bond donors (Lipinski definition) is 1. The number of fused-ring (bicyclic) bond motifs is 1. The van der Waals surface area contributed by atoms with Crippen LogP contribution in [-0.2, 0) is 4.74 Å². The maximum absolute atomic E-state index is 13.1. The van der Waals surface area contributed by atoms with E-state index in [4.69, 9.17) is 16.3 Å². The van der Waals surface area contributed by atoms with E-state index in [-0.39, 0.29) is 10.5 Å². The summed E-state index contributed by atoms with van der Waals surface area (Å²) < 4.78 is 36.8. The lowest BCUT2D eigenvalue weighted by molar-refractivity contribution is 0.150. The number of hydrogen-bond acceptors (Lipinski definition) is 8. The number of aromatic nitrogens is 4. The number of anilines is 1. The molecule has 0 unspecified atom stereocenters. The molecule has 1 saturated carbocycles. The largest absolute Gasteiger partial charge is 0.385 e. The summed E-state index contributed by atoms with van der Waals surface area (Å²) in [5.74, 6) is 0.413. The second kappa shape index (κ2) is 10.4. The van der Waals surface area contributed by atoms with E-state index in [0.717, 1.165) is 66.2 Å². The smallest absolute Gasteiger partial charge is 0.291 e. The standard InChI is InChI=1S/C21H27ClF2N6OS2/c1-4-29(9-5-6-10-31-3)14-11-13(33-28-21(2)7-8-21)12-30-15(14)16(22)25-18(30)20-27-26-19(32-20)17(23)24/h11-12,17,28H,4-10H2,1-3H3. The van der Waals surface area contributed by atoms with E-state index in [9.17, 15) is 8.78 Å². The van der Waals surface area contributed by atoms with Gasteiger partial charge in [-0.05, 0) is 57.5 Å². The van der Waals surface area contributed by atoms with Gasteiger partial charge in [-0.1, -0.05) is 22.9 Å². The van der Waals surface area contributed by atoms with Gasteiger partial charge in [0.15, 0.2) is 21.0 Å². The number of unbranched alkanes of at least 4 members (excludes halogenated alkanes) is 1. The Morgan fingerprint density at radius 1 is 1.36 bits per heavy atom. The van der Waals surface area contributed by atoms with Crippen molar-refractivity contribution in [2.24, 2.45) is 0 Å². The number of ether oxygens (including phenoxy) is 1. The van der Waals surface area contributed by atoms with Crippen molar-refractivity contribution in [2.45, 2.75) is 56.4 Å². The molecule has 7 nitrogen and oxygen atoms in total. The highest BCUT2D eigenvalue weighted by Crippen LogP contribution is 2.40. The molecule has 12 heteroatoms. The summed E-state index contributed by atoms with van der Waals surface area (Å²) in [5.41, 5.74) is 1.83. The van der Waals surface area contributed by atoms with E-state index in [1.807, 2.05) is 10.6 Å². The molecule has 33 heavy (non-hydrogen) atoms. The van der Waals surface area contributed by atoms with Crippen molar-refractivity contribution in [3.63, 3.8) is 0 Å². The van der Waals surface area contributed by atoms with E-state index in [1.54, 1.807) is 19.1 Å². The molecule has 0 saturated heterocycles. The van der Waals surface area contributed by atoms with Crippen molar-refractivity contribution in [2.75, 3.05) is 31.7 Å². The molecule has 1 aliphatic rings. The van der Waals surface area contributed by atoms with Gasteiger partial charge >= 0.3 is 0 Å². The lowest BCUT2D eigenvalue weighted by Crippen LogP contribution is -2.25. The lowest BCUT2D eigenvalue weighted by atomic mass is 10.2. The molecule has 4 rings (SSSR count). The van der Waals surface area contributed by atoms with Crippen LogP contribution in [0.4, 0.5) is 14.5 Å². The summed E-state index contributed by atoms with van der Waals surface area (Å²) in [4.78, 5) is 7.74. The highest BCUT2D eigenvalue weighted by atomic mass is 35.5. The molecule has 3 heterocycles. The van der Waals surface area contributed by atoms with Gasteiger partial charge < -0.3 is 9.64 Å². The van der Waals surface area contributed by atoms with Gasteiger partial charge in [0, 0.05) is 43.4 Å². The van der Waals surface area contributed by atoms with E-state index < -0.39 is 6.43 Å². The fourth-order valence-corrected chi connectivity index (χ4v) is 5.31. The second-order valence-corrected chi connectivity index (χ2v) is 10.5. The predicted molar refractivity (Wildman–Crippen MR) is 130 cm³/mol. The minimum absolute atomic E-state index is 0.144. The van der Waals surface area contributed by atoms with Gasteiger partial charge in [-0.2, -0.15) is 0 Å². The topological polar surface area (TPSA) is 67.6 Å². The highest BCUT2D eigenvalue weighted by molar-refractivity contribution is 7.97. The van der Waals surface area contributed by atoms with Crippen LogP contribution in [0.1, 0.15) is 51.0 Å². The van der Waals surface area contributed by atoms with Crippen molar-refractivity contribution in [3.8, 4) is 10.8 Å². The lowest BCUT2D eigenvalue weighted by Gasteiger charge is -2.25. The number of pyridine rings is 1. The first-order valence-electron chi connectivity index (χ1n) is 10.9. The Kier molecular flexibility index (Phi) is 7.74. The Morgan fingerprint density at radius 2 is 2.15 bits per heavy atom. The average molecular weight is 517 g/mol. The van der Waals surface area contributed by atoms with Gasteiger partial charge in [-0.3, -0.25) is 9.12 Å². The number of methoxy groups -OCH3 is 1. The van der Waals surface area contributed by atoms with Crippen LogP contribution in [0.15, 0.2) is 17.2 Å². The molecule has 0 amide bonds. The van der Waals surface area contributed by atoms with Gasteiger partial charge in [-0.15, -0.1) is 10.2 Å². The first-order valence-corrected chi connectivity index (χ1v) is 12.9. The van der Waals surface area contributed by atoms with Crippen molar-refractivity contribution in [1.29, 1.82) is 0 Å². The van der Waals surface area contributed by atoms with Gasteiger partial charge in [0.2, 0.25) is 0 Å². The van der Waals surface area contributed by atoms with Crippen LogP contribution in [0.25, 0.3) is 16.3 Å². The Balaban J connectivity index is 1.76. The zero-order valence-electron chi connectivity index (χ0n) is 18.8. The normalized spacial score (nSPS) is 15.0. The predicted octanol–water partition coefficient (Wildman–Crippen LogP) is 5.85. The van der Waals surface area contributed by atoms with Crippen molar-refractivity contribution in [3.05, 3.63) is 22.4 Å². The van der Waals surface area contributed by atoms with Crippen LogP contribution < -0.4 is 9.62 Å². The fourth-order valence-electron chi connectivity index (χ4n) is 3.46. The summed E-state index contributed by atoms with van der Waals surface area (Å²) in [5, 5.41) is 7.86. The number of alkyl halides is 2. The molecule has 1 aliphatic carbocycles. The maximum Gasteiger partial charge on any atom is 0.291 e. The van der Waals surface area contributed by atoms with E-state index in [0.29, 0.717) is 22.6 Å². The molecule has 0 aromatic carbocycles. The van der Waals surface area contributed by atoms with E-state index in [2.05, 4.69) is 44.7 Å². The quantitative estimate of drug-likeness (QED) is 0.239. The van der Waals surface area contributed by atoms with Gasteiger partial charge in [0.25, 0.3) is 6.43 Å².